The number of carboxylic acids is 1. The monoisotopic (exact) mass is 261 g/mol. The third-order valence-electron chi connectivity index (χ3n) is 2.17. The predicted molar refractivity (Wildman–Crippen MR) is 66.5 cm³/mol. The zero-order valence-electron chi connectivity index (χ0n) is 9.23. The van der Waals surface area contributed by atoms with Gasteiger partial charge in [0.1, 0.15) is 4.88 Å². The van der Waals surface area contributed by atoms with Crippen LogP contribution in [0.2, 0.25) is 0 Å². The minimum atomic E-state index is -0.890. The van der Waals surface area contributed by atoms with E-state index in [9.17, 15) is 9.00 Å². The minimum Gasteiger partial charge on any atom is -0.477 e. The number of hydrogen-bond acceptors (Lipinski definition) is 4. The van der Waals surface area contributed by atoms with Crippen molar-refractivity contribution >= 4 is 28.1 Å². The first kappa shape index (κ1) is 13.3. The second-order valence-corrected chi connectivity index (χ2v) is 6.48. The fourth-order valence-electron chi connectivity index (χ4n) is 1.10. The molecule has 2 unspecified atom stereocenters. The third-order valence-corrected chi connectivity index (χ3v) is 4.54. The van der Waals surface area contributed by atoms with Crippen LogP contribution in [0.1, 0.15) is 21.5 Å². The van der Waals surface area contributed by atoms with Crippen LogP contribution in [0.15, 0.2) is 12.1 Å². The highest BCUT2D eigenvalue weighted by Gasteiger charge is 2.08. The molecule has 90 valence electrons. The lowest BCUT2D eigenvalue weighted by atomic mass is 10.4. The van der Waals surface area contributed by atoms with Gasteiger partial charge < -0.3 is 10.4 Å². The summed E-state index contributed by atoms with van der Waals surface area (Å²) in [6, 6.07) is 3.40. The summed E-state index contributed by atoms with van der Waals surface area (Å²) < 4.78 is 11.1. The molecule has 16 heavy (non-hydrogen) atoms. The van der Waals surface area contributed by atoms with Gasteiger partial charge in [0, 0.05) is 40.3 Å². The maximum Gasteiger partial charge on any atom is 0.345 e. The topological polar surface area (TPSA) is 66.4 Å². The molecule has 2 atom stereocenters. The Hall–Kier alpha value is -0.720. The zero-order valence-corrected chi connectivity index (χ0v) is 10.9. The van der Waals surface area contributed by atoms with Crippen LogP contribution in [0.3, 0.4) is 0 Å². The Labute approximate surface area is 101 Å². The number of carboxylic acid groups (broad SMARTS) is 1. The summed E-state index contributed by atoms with van der Waals surface area (Å²) in [5.41, 5.74) is 0. The van der Waals surface area contributed by atoms with E-state index < -0.39 is 16.8 Å². The largest absolute Gasteiger partial charge is 0.477 e. The fourth-order valence-corrected chi connectivity index (χ4v) is 2.27. The minimum absolute atomic E-state index is 0.110. The Morgan fingerprint density at radius 2 is 2.31 bits per heavy atom. The maximum atomic E-state index is 11.1. The van der Waals surface area contributed by atoms with Crippen LogP contribution in [0.5, 0.6) is 0 Å². The van der Waals surface area contributed by atoms with Crippen LogP contribution in [-0.2, 0) is 17.3 Å². The van der Waals surface area contributed by atoms with Gasteiger partial charge in [-0.05, 0) is 19.1 Å². The van der Waals surface area contributed by atoms with Crippen molar-refractivity contribution in [1.29, 1.82) is 0 Å². The number of carbonyl (C=O) groups is 1. The summed E-state index contributed by atoms with van der Waals surface area (Å²) in [6.45, 7) is 3.21. The first-order valence-electron chi connectivity index (χ1n) is 4.85. The summed E-state index contributed by atoms with van der Waals surface area (Å²) >= 11 is 1.26. The van der Waals surface area contributed by atoms with Crippen LogP contribution < -0.4 is 5.32 Å². The standard InChI is InChI=1S/C10H15NO3S2/c1-7(16(2)14)5-11-6-8-3-4-9(15-8)10(12)13/h3-4,7,11H,5-6H2,1-2H3,(H,12,13). The smallest absolute Gasteiger partial charge is 0.345 e. The third kappa shape index (κ3) is 4.03. The number of thiophene rings is 1. The van der Waals surface area contributed by atoms with Crippen molar-refractivity contribution in [3.63, 3.8) is 0 Å². The second-order valence-electron chi connectivity index (χ2n) is 3.51. The SMILES string of the molecule is CC(CNCc1ccc(C(=O)O)s1)S(C)=O. The lowest BCUT2D eigenvalue weighted by Gasteiger charge is -2.08. The van der Waals surface area contributed by atoms with Gasteiger partial charge in [0.15, 0.2) is 0 Å². The number of hydrogen-bond donors (Lipinski definition) is 2. The van der Waals surface area contributed by atoms with Gasteiger partial charge in [0.05, 0.1) is 0 Å². The second kappa shape index (κ2) is 6.12. The molecule has 0 radical (unpaired) electrons. The Morgan fingerprint density at radius 3 is 2.81 bits per heavy atom. The highest BCUT2D eigenvalue weighted by Crippen LogP contribution is 2.15. The van der Waals surface area contributed by atoms with Crippen molar-refractivity contribution in [1.82, 2.24) is 5.32 Å². The van der Waals surface area contributed by atoms with Crippen LogP contribution in [0.25, 0.3) is 0 Å². The van der Waals surface area contributed by atoms with Crippen molar-refractivity contribution in [2.75, 3.05) is 12.8 Å². The number of aromatic carboxylic acids is 1. The summed E-state index contributed by atoms with van der Waals surface area (Å²) in [7, 11) is -0.824. The van der Waals surface area contributed by atoms with Gasteiger partial charge in [-0.15, -0.1) is 11.3 Å². The molecule has 6 heteroatoms. The van der Waals surface area contributed by atoms with Crippen LogP contribution >= 0.6 is 11.3 Å². The molecule has 0 amide bonds. The normalized spacial score (nSPS) is 14.6. The molecule has 0 bridgehead atoms. The van der Waals surface area contributed by atoms with Crippen LogP contribution in [0.4, 0.5) is 0 Å². The first-order valence-corrected chi connectivity index (χ1v) is 7.29. The molecule has 0 aliphatic rings. The molecule has 1 rings (SSSR count). The summed E-state index contributed by atoms with van der Waals surface area (Å²) in [6.07, 6.45) is 1.68. The van der Waals surface area contributed by atoms with E-state index in [4.69, 9.17) is 5.11 Å². The van der Waals surface area contributed by atoms with Crippen LogP contribution in [0, 0.1) is 0 Å². The lowest BCUT2D eigenvalue weighted by Crippen LogP contribution is -2.26. The van der Waals surface area contributed by atoms with Gasteiger partial charge in [-0.2, -0.15) is 0 Å². The molecule has 0 aromatic carbocycles. The van der Waals surface area contributed by atoms with E-state index in [1.54, 1.807) is 18.4 Å². The van der Waals surface area contributed by atoms with Crippen molar-refractivity contribution in [3.05, 3.63) is 21.9 Å². The molecule has 0 saturated carbocycles. The number of rotatable bonds is 6. The molecule has 4 nitrogen and oxygen atoms in total. The molecule has 0 spiro atoms. The molecule has 0 saturated heterocycles. The Bertz CT molecular complexity index is 389. The average molecular weight is 261 g/mol. The zero-order chi connectivity index (χ0) is 12.1. The van der Waals surface area contributed by atoms with E-state index in [-0.39, 0.29) is 5.25 Å². The lowest BCUT2D eigenvalue weighted by molar-refractivity contribution is 0.0702. The van der Waals surface area contributed by atoms with Crippen molar-refractivity contribution in [3.8, 4) is 0 Å². The van der Waals surface area contributed by atoms with E-state index in [1.807, 2.05) is 6.92 Å². The van der Waals surface area contributed by atoms with Gasteiger partial charge in [-0.1, -0.05) is 0 Å². The van der Waals surface area contributed by atoms with Gasteiger partial charge in [0.2, 0.25) is 0 Å². The van der Waals surface area contributed by atoms with Crippen molar-refractivity contribution < 1.29 is 14.1 Å². The van der Waals surface area contributed by atoms with Gasteiger partial charge in [0.25, 0.3) is 0 Å². The highest BCUT2D eigenvalue weighted by atomic mass is 32.2. The molecule has 0 aliphatic heterocycles. The predicted octanol–water partition coefficient (Wildman–Crippen LogP) is 1.30. The van der Waals surface area contributed by atoms with Crippen molar-refractivity contribution in [2.45, 2.75) is 18.7 Å². The summed E-state index contributed by atoms with van der Waals surface area (Å²) in [5, 5.41) is 12.0. The molecule has 1 aromatic heterocycles. The van der Waals surface area contributed by atoms with E-state index in [0.717, 1.165) is 4.88 Å². The number of nitrogens with one attached hydrogen (secondary N) is 1. The Kier molecular flexibility index (Phi) is 5.11. The Balaban J connectivity index is 2.37. The van der Waals surface area contributed by atoms with E-state index in [1.165, 1.54) is 11.3 Å². The molecule has 0 fully saturated rings. The molecular formula is C10H15NO3S2. The van der Waals surface area contributed by atoms with Gasteiger partial charge >= 0.3 is 5.97 Å². The fraction of sp³-hybridized carbons (Fsp3) is 0.500. The maximum absolute atomic E-state index is 11.1. The molecule has 2 N–H and O–H groups in total. The summed E-state index contributed by atoms with van der Waals surface area (Å²) in [5.74, 6) is -0.890. The van der Waals surface area contributed by atoms with E-state index >= 15 is 0 Å². The molecular weight excluding hydrogens is 246 g/mol. The van der Waals surface area contributed by atoms with Crippen LogP contribution in [-0.4, -0.2) is 33.3 Å². The van der Waals surface area contributed by atoms with Gasteiger partial charge in [-0.3, -0.25) is 4.21 Å². The van der Waals surface area contributed by atoms with E-state index in [2.05, 4.69) is 5.32 Å². The molecule has 0 aliphatic carbocycles. The Morgan fingerprint density at radius 1 is 1.62 bits per heavy atom. The van der Waals surface area contributed by atoms with Crippen molar-refractivity contribution in [2.24, 2.45) is 0 Å². The molecule has 1 aromatic rings. The average Bonchev–Trinajstić information content (AvgIpc) is 2.66. The quantitative estimate of drug-likeness (QED) is 0.810. The summed E-state index contributed by atoms with van der Waals surface area (Å²) in [4.78, 5) is 12.0. The first-order chi connectivity index (χ1) is 7.50. The van der Waals surface area contributed by atoms with Gasteiger partial charge in [-0.25, -0.2) is 4.79 Å². The molecule has 1 heterocycles. The van der Waals surface area contributed by atoms with E-state index in [0.29, 0.717) is 18.0 Å². The highest BCUT2D eigenvalue weighted by molar-refractivity contribution is 7.84.